The first-order chi connectivity index (χ1) is 8.31. The lowest BCUT2D eigenvalue weighted by molar-refractivity contribution is 0.160. The molecular formula is C15H20O2. The van der Waals surface area contributed by atoms with Crippen LogP contribution in [0.25, 0.3) is 0 Å². The van der Waals surface area contributed by atoms with E-state index in [0.29, 0.717) is 6.42 Å². The fourth-order valence-electron chi connectivity index (χ4n) is 2.13. The van der Waals surface area contributed by atoms with Gasteiger partial charge in [-0.2, -0.15) is 0 Å². The molecular weight excluding hydrogens is 212 g/mol. The smallest absolute Gasteiger partial charge is 0.126 e. The summed E-state index contributed by atoms with van der Waals surface area (Å²) in [5.41, 5.74) is 0.897. The van der Waals surface area contributed by atoms with E-state index in [1.54, 1.807) is 0 Å². The average Bonchev–Trinajstić information content (AvgIpc) is 2.40. The van der Waals surface area contributed by atoms with Gasteiger partial charge in [0, 0.05) is 5.56 Å². The zero-order valence-corrected chi connectivity index (χ0v) is 10.3. The molecule has 1 N–H and O–H groups in total. The molecule has 0 saturated heterocycles. The number of aliphatic hydroxyl groups excluding tert-OH is 1. The van der Waals surface area contributed by atoms with Crippen molar-refractivity contribution in [3.63, 3.8) is 0 Å². The summed E-state index contributed by atoms with van der Waals surface area (Å²) in [7, 11) is 0. The molecule has 2 heteroatoms. The number of para-hydroxylation sites is 1. The van der Waals surface area contributed by atoms with Gasteiger partial charge in [0.1, 0.15) is 11.9 Å². The van der Waals surface area contributed by atoms with E-state index in [1.807, 2.05) is 31.2 Å². The summed E-state index contributed by atoms with van der Waals surface area (Å²) in [6.07, 6.45) is 8.13. The van der Waals surface area contributed by atoms with Crippen LogP contribution < -0.4 is 4.74 Å². The van der Waals surface area contributed by atoms with Crippen LogP contribution in [0, 0.1) is 0 Å². The molecule has 2 unspecified atom stereocenters. The summed E-state index contributed by atoms with van der Waals surface area (Å²) in [4.78, 5) is 0. The topological polar surface area (TPSA) is 29.5 Å². The molecule has 92 valence electrons. The van der Waals surface area contributed by atoms with Gasteiger partial charge in [-0.05, 0) is 37.8 Å². The fourth-order valence-corrected chi connectivity index (χ4v) is 2.13. The molecule has 1 aromatic rings. The highest BCUT2D eigenvalue weighted by molar-refractivity contribution is 5.35. The highest BCUT2D eigenvalue weighted by Gasteiger charge is 2.15. The minimum atomic E-state index is -0.432. The Morgan fingerprint density at radius 3 is 2.94 bits per heavy atom. The zero-order valence-electron chi connectivity index (χ0n) is 10.3. The zero-order chi connectivity index (χ0) is 12.1. The van der Waals surface area contributed by atoms with Crippen LogP contribution in [0.1, 0.15) is 44.3 Å². The minimum Gasteiger partial charge on any atom is -0.486 e. The maximum absolute atomic E-state index is 9.94. The van der Waals surface area contributed by atoms with Gasteiger partial charge in [-0.15, -0.1) is 0 Å². The number of allylic oxidation sites excluding steroid dienone is 1. The Hall–Kier alpha value is -1.28. The molecule has 0 saturated carbocycles. The molecule has 1 aromatic carbocycles. The molecule has 0 aromatic heterocycles. The first kappa shape index (κ1) is 12.2. The van der Waals surface area contributed by atoms with Crippen LogP contribution in [0.5, 0.6) is 5.75 Å². The van der Waals surface area contributed by atoms with Crippen molar-refractivity contribution in [3.8, 4) is 5.75 Å². The van der Waals surface area contributed by atoms with Crippen molar-refractivity contribution >= 4 is 0 Å². The maximum atomic E-state index is 9.94. The Labute approximate surface area is 103 Å². The van der Waals surface area contributed by atoms with Gasteiger partial charge in [-0.1, -0.05) is 31.2 Å². The highest BCUT2D eigenvalue weighted by Crippen LogP contribution is 2.29. The number of ether oxygens (including phenoxy) is 1. The summed E-state index contributed by atoms with van der Waals surface area (Å²) in [6.45, 7) is 1.97. The van der Waals surface area contributed by atoms with Crippen molar-refractivity contribution in [1.29, 1.82) is 0 Å². The van der Waals surface area contributed by atoms with E-state index >= 15 is 0 Å². The van der Waals surface area contributed by atoms with Crippen molar-refractivity contribution in [2.24, 2.45) is 0 Å². The van der Waals surface area contributed by atoms with Crippen molar-refractivity contribution < 1.29 is 9.84 Å². The van der Waals surface area contributed by atoms with Gasteiger partial charge in [-0.3, -0.25) is 0 Å². The van der Waals surface area contributed by atoms with Crippen LogP contribution in [0.15, 0.2) is 36.4 Å². The summed E-state index contributed by atoms with van der Waals surface area (Å²) < 4.78 is 5.96. The van der Waals surface area contributed by atoms with E-state index in [-0.39, 0.29) is 6.10 Å². The Balaban J connectivity index is 2.14. The second-order valence-electron chi connectivity index (χ2n) is 4.48. The van der Waals surface area contributed by atoms with Crippen LogP contribution >= 0.6 is 0 Å². The van der Waals surface area contributed by atoms with Crippen molar-refractivity contribution in [2.75, 3.05) is 0 Å². The third-order valence-electron chi connectivity index (χ3n) is 3.15. The Bertz CT molecular complexity index is 384. The highest BCUT2D eigenvalue weighted by atomic mass is 16.5. The molecule has 2 rings (SSSR count). The van der Waals surface area contributed by atoms with E-state index in [2.05, 4.69) is 12.2 Å². The molecule has 0 fully saturated rings. The van der Waals surface area contributed by atoms with Gasteiger partial charge in [0.25, 0.3) is 0 Å². The molecule has 0 radical (unpaired) electrons. The van der Waals surface area contributed by atoms with Crippen LogP contribution in [0.4, 0.5) is 0 Å². The van der Waals surface area contributed by atoms with Gasteiger partial charge in [-0.25, -0.2) is 0 Å². The number of hydrogen-bond donors (Lipinski definition) is 1. The predicted molar refractivity (Wildman–Crippen MR) is 69.1 cm³/mol. The standard InChI is InChI=1S/C15H20O2/c1-2-14(16)13-10-6-7-11-15(13)17-12-8-4-3-5-9-12/h4,6-8,10-12,14,16H,2-3,5,9H2,1H3. The second-order valence-corrected chi connectivity index (χ2v) is 4.48. The lowest BCUT2D eigenvalue weighted by Gasteiger charge is -2.21. The van der Waals surface area contributed by atoms with Gasteiger partial charge in [0.05, 0.1) is 6.10 Å². The predicted octanol–water partition coefficient (Wildman–Crippen LogP) is 3.62. The number of benzene rings is 1. The third kappa shape index (κ3) is 3.10. The van der Waals surface area contributed by atoms with Crippen molar-refractivity contribution in [1.82, 2.24) is 0 Å². The first-order valence-electron chi connectivity index (χ1n) is 6.41. The Morgan fingerprint density at radius 1 is 1.41 bits per heavy atom. The largest absolute Gasteiger partial charge is 0.486 e. The lowest BCUT2D eigenvalue weighted by Crippen LogP contribution is -2.17. The number of aliphatic hydroxyl groups is 1. The Morgan fingerprint density at radius 2 is 2.24 bits per heavy atom. The maximum Gasteiger partial charge on any atom is 0.126 e. The van der Waals surface area contributed by atoms with E-state index in [4.69, 9.17) is 4.74 Å². The summed E-state index contributed by atoms with van der Waals surface area (Å²) >= 11 is 0. The van der Waals surface area contributed by atoms with E-state index in [9.17, 15) is 5.11 Å². The molecule has 2 atom stereocenters. The molecule has 1 aliphatic rings. The molecule has 2 nitrogen and oxygen atoms in total. The Kier molecular flexibility index (Phi) is 4.21. The molecule has 0 amide bonds. The fraction of sp³-hybridized carbons (Fsp3) is 0.467. The quantitative estimate of drug-likeness (QED) is 0.803. The van der Waals surface area contributed by atoms with Gasteiger partial charge >= 0.3 is 0 Å². The molecule has 0 spiro atoms. The van der Waals surface area contributed by atoms with E-state index in [1.165, 1.54) is 6.42 Å². The molecule has 0 aliphatic heterocycles. The molecule has 17 heavy (non-hydrogen) atoms. The molecule has 0 heterocycles. The van der Waals surface area contributed by atoms with Crippen LogP contribution in [-0.4, -0.2) is 11.2 Å². The minimum absolute atomic E-state index is 0.161. The SMILES string of the molecule is CCC(O)c1ccccc1OC1C=CCCC1. The number of rotatable bonds is 4. The van der Waals surface area contributed by atoms with Crippen LogP contribution in [0.2, 0.25) is 0 Å². The first-order valence-corrected chi connectivity index (χ1v) is 6.41. The summed E-state index contributed by atoms with van der Waals surface area (Å²) in [6, 6.07) is 7.78. The van der Waals surface area contributed by atoms with Crippen LogP contribution in [0.3, 0.4) is 0 Å². The van der Waals surface area contributed by atoms with E-state index < -0.39 is 6.10 Å². The second kappa shape index (κ2) is 5.87. The number of hydrogen-bond acceptors (Lipinski definition) is 2. The normalized spacial score (nSPS) is 21.2. The average molecular weight is 232 g/mol. The summed E-state index contributed by atoms with van der Waals surface area (Å²) in [5.74, 6) is 0.818. The molecule has 0 bridgehead atoms. The van der Waals surface area contributed by atoms with E-state index in [0.717, 1.165) is 24.2 Å². The monoisotopic (exact) mass is 232 g/mol. The molecule has 1 aliphatic carbocycles. The third-order valence-corrected chi connectivity index (χ3v) is 3.15. The summed E-state index contributed by atoms with van der Waals surface area (Å²) in [5, 5.41) is 9.94. The van der Waals surface area contributed by atoms with Crippen LogP contribution in [-0.2, 0) is 0 Å². The van der Waals surface area contributed by atoms with Gasteiger partial charge < -0.3 is 9.84 Å². The van der Waals surface area contributed by atoms with Gasteiger partial charge in [0.2, 0.25) is 0 Å². The lowest BCUT2D eigenvalue weighted by atomic mass is 10.0. The van der Waals surface area contributed by atoms with Crippen molar-refractivity contribution in [3.05, 3.63) is 42.0 Å². The van der Waals surface area contributed by atoms with Crippen molar-refractivity contribution in [2.45, 2.75) is 44.8 Å². The van der Waals surface area contributed by atoms with Gasteiger partial charge in [0.15, 0.2) is 0 Å².